The molecule has 0 aliphatic carbocycles. The molecule has 2 rings (SSSR count). The molecule has 28 heavy (non-hydrogen) atoms. The predicted molar refractivity (Wildman–Crippen MR) is 109 cm³/mol. The minimum Gasteiger partial charge on any atom is -0.503 e. The molecule has 150 valence electrons. The van der Waals surface area contributed by atoms with Crippen LogP contribution in [0.3, 0.4) is 0 Å². The van der Waals surface area contributed by atoms with Gasteiger partial charge in [-0.05, 0) is 60.2 Å². The summed E-state index contributed by atoms with van der Waals surface area (Å²) in [5.41, 5.74) is 4.72. The zero-order chi connectivity index (χ0) is 20.7. The quantitative estimate of drug-likeness (QED) is 0.413. The summed E-state index contributed by atoms with van der Waals surface area (Å²) in [7, 11) is 2.82. The molecule has 2 aromatic rings. The molecule has 1 unspecified atom stereocenters. The summed E-state index contributed by atoms with van der Waals surface area (Å²) in [6.45, 7) is 6.15. The van der Waals surface area contributed by atoms with Crippen molar-refractivity contribution in [1.82, 2.24) is 0 Å². The largest absolute Gasteiger partial charge is 0.503 e. The van der Waals surface area contributed by atoms with Gasteiger partial charge in [-0.15, -0.1) is 0 Å². The molecule has 0 saturated carbocycles. The first kappa shape index (κ1) is 21.5. The number of hydrogen-bond acceptors (Lipinski definition) is 5. The van der Waals surface area contributed by atoms with Crippen molar-refractivity contribution in [1.29, 1.82) is 0 Å². The molecular formula is C23H28O5. The summed E-state index contributed by atoms with van der Waals surface area (Å²) >= 11 is 0. The fourth-order valence-corrected chi connectivity index (χ4v) is 3.06. The zero-order valence-corrected chi connectivity index (χ0v) is 17.1. The van der Waals surface area contributed by atoms with Gasteiger partial charge in [0, 0.05) is 0 Å². The van der Waals surface area contributed by atoms with E-state index in [9.17, 15) is 9.90 Å². The molecule has 0 fully saturated rings. The second kappa shape index (κ2) is 9.95. The number of ether oxygens (including phenoxy) is 3. The van der Waals surface area contributed by atoms with Gasteiger partial charge in [-0.25, -0.2) is 4.79 Å². The van der Waals surface area contributed by atoms with Gasteiger partial charge in [0.15, 0.2) is 0 Å². The number of benzene rings is 2. The Morgan fingerprint density at radius 1 is 1.14 bits per heavy atom. The molecule has 5 heteroatoms. The SMILES string of the molecule is CCC(O)c1cc(C)c(OCc2ccccc2C(=COC)C(=O)OC)cc1C. The molecule has 5 nitrogen and oxygen atoms in total. The Kier molecular flexibility index (Phi) is 7.64. The van der Waals surface area contributed by atoms with E-state index in [1.807, 2.05) is 57.2 Å². The number of carbonyl (C=O) groups excluding carboxylic acids is 1. The van der Waals surface area contributed by atoms with Crippen LogP contribution in [0.1, 0.15) is 47.3 Å². The highest BCUT2D eigenvalue weighted by atomic mass is 16.5. The topological polar surface area (TPSA) is 65.0 Å². The van der Waals surface area contributed by atoms with Gasteiger partial charge >= 0.3 is 5.97 Å². The average Bonchev–Trinajstić information content (AvgIpc) is 2.71. The van der Waals surface area contributed by atoms with Crippen LogP contribution in [0.2, 0.25) is 0 Å². The Morgan fingerprint density at radius 2 is 1.86 bits per heavy atom. The lowest BCUT2D eigenvalue weighted by Gasteiger charge is -2.17. The molecule has 0 amide bonds. The van der Waals surface area contributed by atoms with Crippen LogP contribution >= 0.6 is 0 Å². The second-order valence-electron chi connectivity index (χ2n) is 6.60. The van der Waals surface area contributed by atoms with E-state index in [1.165, 1.54) is 20.5 Å². The van der Waals surface area contributed by atoms with Crippen molar-refractivity contribution < 1.29 is 24.1 Å². The van der Waals surface area contributed by atoms with E-state index in [-0.39, 0.29) is 6.61 Å². The fourth-order valence-electron chi connectivity index (χ4n) is 3.06. The van der Waals surface area contributed by atoms with Gasteiger partial charge in [0.2, 0.25) is 0 Å². The number of rotatable bonds is 8. The number of hydrogen-bond donors (Lipinski definition) is 1. The molecule has 2 aromatic carbocycles. The minimum absolute atomic E-state index is 0.282. The Hall–Kier alpha value is -2.79. The zero-order valence-electron chi connectivity index (χ0n) is 17.1. The number of carbonyl (C=O) groups is 1. The van der Waals surface area contributed by atoms with Gasteiger partial charge in [0.25, 0.3) is 0 Å². The van der Waals surface area contributed by atoms with E-state index in [0.29, 0.717) is 17.6 Å². The van der Waals surface area contributed by atoms with Crippen molar-refractivity contribution in [2.45, 2.75) is 39.9 Å². The van der Waals surface area contributed by atoms with Crippen molar-refractivity contribution in [2.75, 3.05) is 14.2 Å². The first-order valence-corrected chi connectivity index (χ1v) is 9.24. The third-order valence-electron chi connectivity index (χ3n) is 4.64. The van der Waals surface area contributed by atoms with Gasteiger partial charge in [-0.1, -0.05) is 31.2 Å². The average molecular weight is 384 g/mol. The molecule has 0 aliphatic heterocycles. The second-order valence-corrected chi connectivity index (χ2v) is 6.60. The van der Waals surface area contributed by atoms with E-state index in [2.05, 4.69) is 0 Å². The minimum atomic E-state index is -0.477. The number of aliphatic hydroxyl groups excluding tert-OH is 1. The Labute approximate surface area is 166 Å². The Balaban J connectivity index is 2.30. The van der Waals surface area contributed by atoms with Crippen LogP contribution in [0.15, 0.2) is 42.7 Å². The predicted octanol–water partition coefficient (Wildman–Crippen LogP) is 4.49. The smallest absolute Gasteiger partial charge is 0.341 e. The van der Waals surface area contributed by atoms with Crippen LogP contribution in [0.5, 0.6) is 5.75 Å². The first-order valence-electron chi connectivity index (χ1n) is 9.24. The highest BCUT2D eigenvalue weighted by molar-refractivity contribution is 6.16. The lowest BCUT2D eigenvalue weighted by molar-refractivity contribution is -0.133. The highest BCUT2D eigenvalue weighted by Crippen LogP contribution is 2.29. The van der Waals surface area contributed by atoms with Crippen LogP contribution in [-0.4, -0.2) is 25.3 Å². The summed E-state index contributed by atoms with van der Waals surface area (Å²) in [4.78, 5) is 12.1. The number of methoxy groups -OCH3 is 2. The monoisotopic (exact) mass is 384 g/mol. The van der Waals surface area contributed by atoms with Crippen molar-refractivity contribution in [2.24, 2.45) is 0 Å². The normalized spacial score (nSPS) is 12.4. The van der Waals surface area contributed by atoms with Crippen LogP contribution in [0.4, 0.5) is 0 Å². The van der Waals surface area contributed by atoms with Crippen LogP contribution in [-0.2, 0) is 20.9 Å². The molecule has 0 bridgehead atoms. The van der Waals surface area contributed by atoms with Crippen molar-refractivity contribution in [3.8, 4) is 5.75 Å². The molecule has 0 saturated heterocycles. The maximum atomic E-state index is 12.1. The molecule has 0 spiro atoms. The van der Waals surface area contributed by atoms with E-state index in [4.69, 9.17) is 14.2 Å². The Morgan fingerprint density at radius 3 is 2.50 bits per heavy atom. The van der Waals surface area contributed by atoms with Gasteiger partial charge in [-0.2, -0.15) is 0 Å². The van der Waals surface area contributed by atoms with E-state index in [0.717, 1.165) is 28.0 Å². The number of esters is 1. The van der Waals surface area contributed by atoms with Crippen LogP contribution < -0.4 is 4.74 Å². The summed E-state index contributed by atoms with van der Waals surface area (Å²) in [6.07, 6.45) is 1.56. The molecule has 1 N–H and O–H groups in total. The van der Waals surface area contributed by atoms with Crippen LogP contribution in [0.25, 0.3) is 5.57 Å². The molecule has 0 heterocycles. The maximum Gasteiger partial charge on any atom is 0.341 e. The fraction of sp³-hybridized carbons (Fsp3) is 0.348. The third-order valence-corrected chi connectivity index (χ3v) is 4.64. The van der Waals surface area contributed by atoms with Gasteiger partial charge < -0.3 is 19.3 Å². The summed E-state index contributed by atoms with van der Waals surface area (Å²) < 4.78 is 16.0. The van der Waals surface area contributed by atoms with Gasteiger partial charge in [0.1, 0.15) is 17.9 Å². The third kappa shape index (κ3) is 4.93. The van der Waals surface area contributed by atoms with Crippen molar-refractivity contribution >= 4 is 11.5 Å². The summed E-state index contributed by atoms with van der Waals surface area (Å²) in [5.74, 6) is 0.272. The maximum absolute atomic E-state index is 12.1. The number of aryl methyl sites for hydroxylation is 2. The van der Waals surface area contributed by atoms with E-state index in [1.54, 1.807) is 0 Å². The molecule has 0 aliphatic rings. The van der Waals surface area contributed by atoms with E-state index < -0.39 is 12.1 Å². The Bertz CT molecular complexity index is 854. The van der Waals surface area contributed by atoms with Gasteiger partial charge in [-0.3, -0.25) is 0 Å². The van der Waals surface area contributed by atoms with Crippen molar-refractivity contribution in [3.63, 3.8) is 0 Å². The molecule has 0 aromatic heterocycles. The van der Waals surface area contributed by atoms with E-state index >= 15 is 0 Å². The highest BCUT2D eigenvalue weighted by Gasteiger charge is 2.17. The molecular weight excluding hydrogens is 356 g/mol. The lowest BCUT2D eigenvalue weighted by Crippen LogP contribution is -2.09. The van der Waals surface area contributed by atoms with Crippen LogP contribution in [0, 0.1) is 13.8 Å². The van der Waals surface area contributed by atoms with Crippen molar-refractivity contribution in [3.05, 3.63) is 70.5 Å². The summed E-state index contributed by atoms with van der Waals surface area (Å²) in [5, 5.41) is 10.2. The van der Waals surface area contributed by atoms with Gasteiger partial charge in [0.05, 0.1) is 26.6 Å². The number of aliphatic hydroxyl groups is 1. The molecule has 0 radical (unpaired) electrons. The molecule has 1 atom stereocenters. The standard InChI is InChI=1S/C23H28O5/c1-6-21(24)19-11-16(3)22(12-15(19)2)28-13-17-9-7-8-10-18(17)20(14-26-4)23(25)27-5/h7-12,14,21,24H,6,13H2,1-5H3. The lowest BCUT2D eigenvalue weighted by atomic mass is 9.98. The summed E-state index contributed by atoms with van der Waals surface area (Å²) in [6, 6.07) is 11.4. The first-order chi connectivity index (χ1) is 13.4.